The second-order valence-corrected chi connectivity index (χ2v) is 7.82. The fourth-order valence-electron chi connectivity index (χ4n) is 3.34. The van der Waals surface area contributed by atoms with E-state index in [1.807, 2.05) is 24.4 Å². The predicted molar refractivity (Wildman–Crippen MR) is 112 cm³/mol. The summed E-state index contributed by atoms with van der Waals surface area (Å²) in [5.74, 6) is 0.454. The van der Waals surface area contributed by atoms with Crippen molar-refractivity contribution in [3.63, 3.8) is 0 Å². The van der Waals surface area contributed by atoms with Gasteiger partial charge in [-0.25, -0.2) is 0 Å². The lowest BCUT2D eigenvalue weighted by molar-refractivity contribution is 0.0943. The lowest BCUT2D eigenvalue weighted by Gasteiger charge is -2.28. The minimum Gasteiger partial charge on any atom is -0.490 e. The summed E-state index contributed by atoms with van der Waals surface area (Å²) in [5, 5.41) is 15.0. The fourth-order valence-corrected chi connectivity index (χ4v) is 3.34. The number of aromatic amines is 1. The van der Waals surface area contributed by atoms with E-state index in [1.165, 1.54) is 17.9 Å². The molecule has 3 aromatic rings. The van der Waals surface area contributed by atoms with Crippen molar-refractivity contribution in [2.24, 2.45) is 0 Å². The first-order chi connectivity index (χ1) is 13.4. The summed E-state index contributed by atoms with van der Waals surface area (Å²) >= 11 is 0. The SMILES string of the molecule is CC(=O)c1ccccc1OCC(O)CNC(C)(C)Cc1c[nH]c2ccccc12. The summed E-state index contributed by atoms with van der Waals surface area (Å²) in [6.45, 7) is 6.27. The van der Waals surface area contributed by atoms with Crippen LogP contribution in [0.2, 0.25) is 0 Å². The summed E-state index contributed by atoms with van der Waals surface area (Å²) in [4.78, 5) is 15.0. The Morgan fingerprint density at radius 2 is 1.89 bits per heavy atom. The molecule has 1 heterocycles. The molecule has 0 aliphatic carbocycles. The number of fused-ring (bicyclic) bond motifs is 1. The van der Waals surface area contributed by atoms with Gasteiger partial charge in [-0.05, 0) is 51.0 Å². The first-order valence-corrected chi connectivity index (χ1v) is 9.56. The Morgan fingerprint density at radius 1 is 1.18 bits per heavy atom. The number of H-pyrrole nitrogens is 1. The van der Waals surface area contributed by atoms with Crippen molar-refractivity contribution in [3.8, 4) is 5.75 Å². The van der Waals surface area contributed by atoms with Crippen LogP contribution in [-0.4, -0.2) is 40.7 Å². The van der Waals surface area contributed by atoms with Crippen molar-refractivity contribution in [3.05, 3.63) is 65.9 Å². The number of hydrogen-bond acceptors (Lipinski definition) is 4. The van der Waals surface area contributed by atoms with Gasteiger partial charge in [0.05, 0.1) is 5.56 Å². The summed E-state index contributed by atoms with van der Waals surface area (Å²) < 4.78 is 5.67. The van der Waals surface area contributed by atoms with E-state index in [0.717, 1.165) is 11.9 Å². The molecule has 0 fully saturated rings. The van der Waals surface area contributed by atoms with Crippen LogP contribution in [0, 0.1) is 0 Å². The van der Waals surface area contributed by atoms with Gasteiger partial charge >= 0.3 is 0 Å². The molecule has 0 saturated carbocycles. The smallest absolute Gasteiger partial charge is 0.163 e. The van der Waals surface area contributed by atoms with Crippen LogP contribution in [0.3, 0.4) is 0 Å². The summed E-state index contributed by atoms with van der Waals surface area (Å²) in [6.07, 6.45) is 2.20. The van der Waals surface area contributed by atoms with Crippen LogP contribution in [0.1, 0.15) is 36.7 Å². The Bertz CT molecular complexity index is 946. The first kappa shape index (κ1) is 20.1. The van der Waals surface area contributed by atoms with Gasteiger partial charge in [0.15, 0.2) is 5.78 Å². The van der Waals surface area contributed by atoms with Gasteiger partial charge in [0.2, 0.25) is 0 Å². The third-order valence-electron chi connectivity index (χ3n) is 4.82. The molecule has 0 aliphatic heterocycles. The Morgan fingerprint density at radius 3 is 2.68 bits per heavy atom. The Balaban J connectivity index is 1.53. The van der Waals surface area contributed by atoms with Crippen molar-refractivity contribution in [1.82, 2.24) is 10.3 Å². The standard InChI is InChI=1S/C23H28N2O3/c1-16(26)19-8-5-7-11-22(19)28-15-18(27)14-25-23(2,3)12-17-13-24-21-10-6-4-9-20(17)21/h4-11,13,18,24-25,27H,12,14-15H2,1-3H3. The van der Waals surface area contributed by atoms with Crippen LogP contribution in [0.25, 0.3) is 10.9 Å². The third kappa shape index (κ3) is 5.00. The van der Waals surface area contributed by atoms with Gasteiger partial charge in [-0.3, -0.25) is 4.79 Å². The van der Waals surface area contributed by atoms with Gasteiger partial charge in [-0.1, -0.05) is 30.3 Å². The summed E-state index contributed by atoms with van der Waals surface area (Å²) in [5.41, 5.74) is 2.71. The maximum Gasteiger partial charge on any atom is 0.163 e. The molecule has 0 amide bonds. The number of nitrogens with one attached hydrogen (secondary N) is 2. The van der Waals surface area contributed by atoms with E-state index in [4.69, 9.17) is 4.74 Å². The van der Waals surface area contributed by atoms with Crippen LogP contribution in [-0.2, 0) is 6.42 Å². The number of benzene rings is 2. The normalized spacial score (nSPS) is 12.9. The number of ketones is 1. The average molecular weight is 380 g/mol. The van der Waals surface area contributed by atoms with Crippen LogP contribution < -0.4 is 10.1 Å². The maximum atomic E-state index is 11.7. The quantitative estimate of drug-likeness (QED) is 0.495. The fraction of sp³-hybridized carbons (Fsp3) is 0.348. The molecular formula is C23H28N2O3. The van der Waals surface area contributed by atoms with Crippen molar-refractivity contribution in [1.29, 1.82) is 0 Å². The number of Topliss-reactive ketones (excluding diaryl/α,β-unsaturated/α-hetero) is 1. The van der Waals surface area contributed by atoms with Gasteiger partial charge in [-0.15, -0.1) is 0 Å². The van der Waals surface area contributed by atoms with E-state index in [9.17, 15) is 9.90 Å². The van der Waals surface area contributed by atoms with E-state index in [2.05, 4.69) is 36.3 Å². The Hall–Kier alpha value is -2.63. The average Bonchev–Trinajstić information content (AvgIpc) is 3.07. The molecule has 0 saturated heterocycles. The topological polar surface area (TPSA) is 74.3 Å². The highest BCUT2D eigenvalue weighted by Crippen LogP contribution is 2.22. The highest BCUT2D eigenvalue weighted by atomic mass is 16.5. The molecule has 1 unspecified atom stereocenters. The molecule has 0 spiro atoms. The molecule has 1 atom stereocenters. The van der Waals surface area contributed by atoms with Gasteiger partial charge in [0.25, 0.3) is 0 Å². The number of ether oxygens (including phenoxy) is 1. The van der Waals surface area contributed by atoms with Gasteiger partial charge < -0.3 is 20.1 Å². The van der Waals surface area contributed by atoms with Crippen LogP contribution in [0.4, 0.5) is 0 Å². The van der Waals surface area contributed by atoms with Crippen molar-refractivity contribution in [2.75, 3.05) is 13.2 Å². The zero-order valence-electron chi connectivity index (χ0n) is 16.7. The highest BCUT2D eigenvalue weighted by molar-refractivity contribution is 5.96. The van der Waals surface area contributed by atoms with E-state index in [0.29, 0.717) is 17.9 Å². The third-order valence-corrected chi connectivity index (χ3v) is 4.82. The minimum atomic E-state index is -0.678. The van der Waals surface area contributed by atoms with Gasteiger partial charge in [0, 0.05) is 29.2 Å². The monoisotopic (exact) mass is 380 g/mol. The van der Waals surface area contributed by atoms with E-state index in [1.54, 1.807) is 18.2 Å². The number of rotatable bonds is 9. The molecular weight excluding hydrogens is 352 g/mol. The molecule has 0 bridgehead atoms. The molecule has 3 rings (SSSR count). The number of aromatic nitrogens is 1. The molecule has 1 aromatic heterocycles. The molecule has 148 valence electrons. The number of aliphatic hydroxyl groups is 1. The van der Waals surface area contributed by atoms with Crippen molar-refractivity contribution < 1.29 is 14.6 Å². The summed E-state index contributed by atoms with van der Waals surface area (Å²) in [6, 6.07) is 15.3. The van der Waals surface area contributed by atoms with E-state index < -0.39 is 6.10 Å². The van der Waals surface area contributed by atoms with Crippen molar-refractivity contribution in [2.45, 2.75) is 38.8 Å². The second kappa shape index (κ2) is 8.59. The number of aliphatic hydroxyl groups excluding tert-OH is 1. The number of carbonyl (C=O) groups is 1. The Kier molecular flexibility index (Phi) is 6.17. The predicted octanol–water partition coefficient (Wildman–Crippen LogP) is 3.72. The zero-order valence-corrected chi connectivity index (χ0v) is 16.7. The molecule has 5 heteroatoms. The van der Waals surface area contributed by atoms with Gasteiger partial charge in [0.1, 0.15) is 18.5 Å². The maximum absolute atomic E-state index is 11.7. The molecule has 2 aromatic carbocycles. The lowest BCUT2D eigenvalue weighted by Crippen LogP contribution is -2.46. The second-order valence-electron chi connectivity index (χ2n) is 7.82. The van der Waals surface area contributed by atoms with Gasteiger partial charge in [-0.2, -0.15) is 0 Å². The zero-order chi connectivity index (χ0) is 20.1. The number of para-hydroxylation sites is 2. The van der Waals surface area contributed by atoms with Crippen LogP contribution in [0.15, 0.2) is 54.7 Å². The lowest BCUT2D eigenvalue weighted by atomic mass is 9.94. The molecule has 28 heavy (non-hydrogen) atoms. The molecule has 0 radical (unpaired) electrons. The largest absolute Gasteiger partial charge is 0.490 e. The first-order valence-electron chi connectivity index (χ1n) is 9.56. The summed E-state index contributed by atoms with van der Waals surface area (Å²) in [7, 11) is 0. The van der Waals surface area contributed by atoms with Crippen molar-refractivity contribution >= 4 is 16.7 Å². The van der Waals surface area contributed by atoms with Crippen LogP contribution >= 0.6 is 0 Å². The minimum absolute atomic E-state index is 0.0527. The Labute approximate surface area is 165 Å². The van der Waals surface area contributed by atoms with Crippen LogP contribution in [0.5, 0.6) is 5.75 Å². The molecule has 0 aliphatic rings. The molecule has 5 nitrogen and oxygen atoms in total. The number of β-amino-alcohol motifs (C(OH)–C–C–N with tert-alkyl or cyclic N) is 1. The van der Waals surface area contributed by atoms with E-state index in [-0.39, 0.29) is 17.9 Å². The van der Waals surface area contributed by atoms with E-state index >= 15 is 0 Å². The number of carbonyl (C=O) groups excluding carboxylic acids is 1. The highest BCUT2D eigenvalue weighted by Gasteiger charge is 2.21. The molecule has 3 N–H and O–H groups in total. The number of hydrogen-bond donors (Lipinski definition) is 3.